The number of hydrogen-bond donors (Lipinski definition) is 1. The van der Waals surface area contributed by atoms with Crippen LogP contribution in [0.5, 0.6) is 0 Å². The van der Waals surface area contributed by atoms with Crippen LogP contribution < -0.4 is 0 Å². The summed E-state index contributed by atoms with van der Waals surface area (Å²) in [6.07, 6.45) is 1.16. The van der Waals surface area contributed by atoms with E-state index in [-0.39, 0.29) is 25.4 Å². The number of morpholine rings is 1. The Balaban J connectivity index is 1.61. The van der Waals surface area contributed by atoms with E-state index in [1.54, 1.807) is 11.1 Å². The van der Waals surface area contributed by atoms with Crippen LogP contribution in [0.3, 0.4) is 0 Å². The lowest BCUT2D eigenvalue weighted by Crippen LogP contribution is -2.47. The Labute approximate surface area is 138 Å². The number of carbonyl (C=O) groups excluding carboxylic acids is 1. The molecular weight excluding hydrogens is 312 g/mol. The molecule has 1 atom stereocenters. The van der Waals surface area contributed by atoms with Gasteiger partial charge in [-0.1, -0.05) is 35.5 Å². The molecule has 1 aromatic carbocycles. The number of hydrogen-bond acceptors (Lipinski definition) is 5. The van der Waals surface area contributed by atoms with E-state index < -0.39 is 12.1 Å². The van der Waals surface area contributed by atoms with Crippen molar-refractivity contribution >= 4 is 11.9 Å². The van der Waals surface area contributed by atoms with E-state index in [9.17, 15) is 9.59 Å². The fraction of sp³-hybridized carbons (Fsp3) is 0.375. The van der Waals surface area contributed by atoms with Crippen LogP contribution in [0, 0.1) is 0 Å². The number of carboxylic acid groups (broad SMARTS) is 1. The first-order valence-electron chi connectivity index (χ1n) is 7.68. The van der Waals surface area contributed by atoms with Crippen molar-refractivity contribution in [2.75, 3.05) is 19.7 Å². The van der Waals surface area contributed by atoms with Crippen LogP contribution in [0.15, 0.2) is 36.5 Å². The predicted octanol–water partition coefficient (Wildman–Crippen LogP) is 0.647. The Bertz CT molecular complexity index is 716. The average molecular weight is 330 g/mol. The highest BCUT2D eigenvalue weighted by Gasteiger charge is 2.26. The van der Waals surface area contributed by atoms with Crippen molar-refractivity contribution in [2.45, 2.75) is 19.1 Å². The van der Waals surface area contributed by atoms with Crippen LogP contribution in [0.25, 0.3) is 11.3 Å². The number of aromatic nitrogens is 3. The highest BCUT2D eigenvalue weighted by Crippen LogP contribution is 2.15. The van der Waals surface area contributed by atoms with Gasteiger partial charge in [-0.05, 0) is 0 Å². The van der Waals surface area contributed by atoms with Crippen molar-refractivity contribution in [1.82, 2.24) is 19.9 Å². The first-order chi connectivity index (χ1) is 11.6. The van der Waals surface area contributed by atoms with Gasteiger partial charge in [-0.25, -0.2) is 4.68 Å². The number of carbonyl (C=O) groups is 2. The average Bonchev–Trinajstić information content (AvgIpc) is 3.04. The molecule has 1 saturated heterocycles. The largest absolute Gasteiger partial charge is 0.481 e. The molecule has 1 unspecified atom stereocenters. The van der Waals surface area contributed by atoms with Gasteiger partial charge in [0.2, 0.25) is 5.91 Å². The Kier molecular flexibility index (Phi) is 4.85. The lowest BCUT2D eigenvalue weighted by Gasteiger charge is -2.32. The molecule has 0 saturated carbocycles. The second-order valence-corrected chi connectivity index (χ2v) is 5.60. The van der Waals surface area contributed by atoms with Gasteiger partial charge in [0.1, 0.15) is 12.2 Å². The molecule has 1 fully saturated rings. The summed E-state index contributed by atoms with van der Waals surface area (Å²) in [6.45, 7) is 1.15. The van der Waals surface area contributed by atoms with E-state index >= 15 is 0 Å². The molecule has 0 bridgehead atoms. The number of carboxylic acids is 1. The zero-order chi connectivity index (χ0) is 16.9. The van der Waals surface area contributed by atoms with Crippen LogP contribution in [0.2, 0.25) is 0 Å². The van der Waals surface area contributed by atoms with Crippen LogP contribution in [0.1, 0.15) is 6.42 Å². The zero-order valence-electron chi connectivity index (χ0n) is 13.0. The molecule has 2 heterocycles. The predicted molar refractivity (Wildman–Crippen MR) is 84.0 cm³/mol. The van der Waals surface area contributed by atoms with Crippen LogP contribution in [-0.2, 0) is 20.9 Å². The number of nitrogens with zero attached hydrogens (tertiary/aromatic N) is 4. The summed E-state index contributed by atoms with van der Waals surface area (Å²) in [4.78, 5) is 24.8. The molecule has 3 rings (SSSR count). The minimum atomic E-state index is -0.932. The molecule has 126 valence electrons. The second-order valence-electron chi connectivity index (χ2n) is 5.60. The third-order valence-electron chi connectivity index (χ3n) is 3.80. The van der Waals surface area contributed by atoms with E-state index in [0.717, 1.165) is 5.56 Å². The normalized spacial score (nSPS) is 17.7. The van der Waals surface area contributed by atoms with Crippen molar-refractivity contribution < 1.29 is 19.4 Å². The summed E-state index contributed by atoms with van der Waals surface area (Å²) in [5.41, 5.74) is 1.64. The molecular formula is C16H18N4O4. The first kappa shape index (κ1) is 16.1. The maximum atomic E-state index is 12.4. The topological polar surface area (TPSA) is 97.6 Å². The molecule has 1 amide bonds. The van der Waals surface area contributed by atoms with Crippen molar-refractivity contribution in [2.24, 2.45) is 0 Å². The fourth-order valence-corrected chi connectivity index (χ4v) is 2.62. The van der Waals surface area contributed by atoms with E-state index in [1.165, 1.54) is 4.68 Å². The third-order valence-corrected chi connectivity index (χ3v) is 3.80. The van der Waals surface area contributed by atoms with Gasteiger partial charge in [0, 0.05) is 18.7 Å². The van der Waals surface area contributed by atoms with E-state index in [1.807, 2.05) is 30.3 Å². The number of ether oxygens (including phenoxy) is 1. The molecule has 8 heteroatoms. The molecule has 24 heavy (non-hydrogen) atoms. The van der Waals surface area contributed by atoms with Crippen LogP contribution in [-0.4, -0.2) is 62.7 Å². The standard InChI is InChI=1S/C16H18N4O4/c21-15(19-6-7-24-13(9-19)8-16(22)23)11-20-10-14(17-18-20)12-4-2-1-3-5-12/h1-5,10,13H,6-9,11H2,(H,22,23). The van der Waals surface area contributed by atoms with Gasteiger partial charge in [-0.3, -0.25) is 9.59 Å². The number of rotatable bonds is 5. The summed E-state index contributed by atoms with van der Waals surface area (Å²) < 4.78 is 6.86. The van der Waals surface area contributed by atoms with Crippen molar-refractivity contribution in [1.29, 1.82) is 0 Å². The molecule has 8 nitrogen and oxygen atoms in total. The highest BCUT2D eigenvalue weighted by atomic mass is 16.5. The zero-order valence-corrected chi connectivity index (χ0v) is 13.0. The first-order valence-corrected chi connectivity index (χ1v) is 7.68. The van der Waals surface area contributed by atoms with E-state index in [4.69, 9.17) is 9.84 Å². The van der Waals surface area contributed by atoms with Gasteiger partial charge in [0.25, 0.3) is 0 Å². The molecule has 0 spiro atoms. The molecule has 1 aromatic heterocycles. The summed E-state index contributed by atoms with van der Waals surface area (Å²) >= 11 is 0. The molecule has 1 aliphatic rings. The lowest BCUT2D eigenvalue weighted by molar-refractivity contribution is -0.148. The van der Waals surface area contributed by atoms with Gasteiger partial charge in [-0.15, -0.1) is 5.10 Å². The smallest absolute Gasteiger partial charge is 0.306 e. The minimum Gasteiger partial charge on any atom is -0.481 e. The maximum absolute atomic E-state index is 12.4. The summed E-state index contributed by atoms with van der Waals surface area (Å²) in [7, 11) is 0. The Morgan fingerprint density at radius 2 is 2.08 bits per heavy atom. The number of amides is 1. The monoisotopic (exact) mass is 330 g/mol. The number of aliphatic carboxylic acids is 1. The van der Waals surface area contributed by atoms with Gasteiger partial charge in [-0.2, -0.15) is 0 Å². The van der Waals surface area contributed by atoms with Crippen LogP contribution in [0.4, 0.5) is 0 Å². The molecule has 1 aliphatic heterocycles. The quantitative estimate of drug-likeness (QED) is 0.864. The summed E-state index contributed by atoms with van der Waals surface area (Å²) in [5.74, 6) is -1.06. The fourth-order valence-electron chi connectivity index (χ4n) is 2.62. The SMILES string of the molecule is O=C(O)CC1CN(C(=O)Cn2cc(-c3ccccc3)nn2)CCO1. The number of benzene rings is 1. The van der Waals surface area contributed by atoms with Gasteiger partial charge >= 0.3 is 5.97 Å². The maximum Gasteiger partial charge on any atom is 0.306 e. The van der Waals surface area contributed by atoms with Gasteiger partial charge < -0.3 is 14.7 Å². The Morgan fingerprint density at radius 3 is 2.83 bits per heavy atom. The van der Waals surface area contributed by atoms with Crippen LogP contribution >= 0.6 is 0 Å². The van der Waals surface area contributed by atoms with Gasteiger partial charge in [0.05, 0.1) is 25.3 Å². The molecule has 1 N–H and O–H groups in total. The van der Waals surface area contributed by atoms with Gasteiger partial charge in [0.15, 0.2) is 0 Å². The molecule has 0 aliphatic carbocycles. The van der Waals surface area contributed by atoms with E-state index in [2.05, 4.69) is 10.3 Å². The van der Waals surface area contributed by atoms with Crippen molar-refractivity contribution in [3.05, 3.63) is 36.5 Å². The third kappa shape index (κ3) is 3.96. The highest BCUT2D eigenvalue weighted by molar-refractivity contribution is 5.76. The summed E-state index contributed by atoms with van der Waals surface area (Å²) in [5, 5.41) is 16.9. The second kappa shape index (κ2) is 7.22. The Hall–Kier alpha value is -2.74. The summed E-state index contributed by atoms with van der Waals surface area (Å²) in [6, 6.07) is 9.60. The van der Waals surface area contributed by atoms with Crippen molar-refractivity contribution in [3.63, 3.8) is 0 Å². The van der Waals surface area contributed by atoms with Crippen molar-refractivity contribution in [3.8, 4) is 11.3 Å². The Morgan fingerprint density at radius 1 is 1.29 bits per heavy atom. The lowest BCUT2D eigenvalue weighted by atomic mass is 10.2. The minimum absolute atomic E-state index is 0.0691. The molecule has 0 radical (unpaired) electrons. The van der Waals surface area contributed by atoms with E-state index in [0.29, 0.717) is 18.8 Å². The molecule has 2 aromatic rings.